The van der Waals surface area contributed by atoms with Crippen LogP contribution in [-0.4, -0.2) is 14.8 Å². The number of carbonyl (C=O) groups excluding carboxylic acids is 1. The van der Waals surface area contributed by atoms with Crippen LogP contribution in [0.2, 0.25) is 10.0 Å². The summed E-state index contributed by atoms with van der Waals surface area (Å²) in [5, 5.41) is 3.08. The molecule has 1 amide bonds. The van der Waals surface area contributed by atoms with Crippen LogP contribution < -0.4 is 11.0 Å². The Balaban J connectivity index is 1.77. The Bertz CT molecular complexity index is 1050. The van der Waals surface area contributed by atoms with Crippen molar-refractivity contribution >= 4 is 45.8 Å². The zero-order valence-corrected chi connectivity index (χ0v) is 15.1. The Morgan fingerprint density at radius 1 is 1.12 bits per heavy atom. The predicted octanol–water partition coefficient (Wildman–Crippen LogP) is 4.19. The normalized spacial score (nSPS) is 10.8. The van der Waals surface area contributed by atoms with E-state index in [1.54, 1.807) is 0 Å². The summed E-state index contributed by atoms with van der Waals surface area (Å²) in [7, 11) is 0. The molecule has 0 aliphatic heterocycles. The third-order valence-electron chi connectivity index (χ3n) is 3.32. The first-order chi connectivity index (χ1) is 12.3. The molecule has 1 aromatic heterocycles. The van der Waals surface area contributed by atoms with Gasteiger partial charge in [-0.15, -0.1) is 0 Å². The second kappa shape index (κ2) is 7.53. The van der Waals surface area contributed by atoms with Crippen molar-refractivity contribution in [2.75, 3.05) is 5.32 Å². The summed E-state index contributed by atoms with van der Waals surface area (Å²) < 4.78 is 27.4. The minimum atomic E-state index is -1.01. The first-order valence-electron chi connectivity index (χ1n) is 7.12. The minimum Gasteiger partial charge on any atom is -0.297 e. The first-order valence-corrected chi connectivity index (χ1v) is 8.65. The molecular formula is C16H9Cl2F2N3O2S. The highest BCUT2D eigenvalue weighted by atomic mass is 35.5. The molecule has 0 unspecified atom stereocenters. The fourth-order valence-corrected chi connectivity index (χ4v) is 3.16. The molecule has 0 aliphatic rings. The number of benzene rings is 2. The number of rotatable bonds is 4. The van der Waals surface area contributed by atoms with Crippen molar-refractivity contribution in [2.24, 2.45) is 0 Å². The molecule has 0 saturated carbocycles. The molecule has 1 heterocycles. The molecule has 0 fully saturated rings. The van der Waals surface area contributed by atoms with Gasteiger partial charge in [-0.2, -0.15) is 4.98 Å². The monoisotopic (exact) mass is 415 g/mol. The maximum atomic E-state index is 13.3. The largest absolute Gasteiger partial charge is 0.360 e. The number of anilines is 1. The number of nitrogens with zero attached hydrogens (tertiary/aromatic N) is 2. The Kier molecular flexibility index (Phi) is 5.36. The molecule has 3 rings (SSSR count). The van der Waals surface area contributed by atoms with Gasteiger partial charge in [0.25, 0.3) is 5.91 Å². The van der Waals surface area contributed by atoms with E-state index in [0.717, 1.165) is 23.7 Å². The number of hydrogen-bond donors (Lipinski definition) is 1. The zero-order valence-electron chi connectivity index (χ0n) is 12.8. The highest BCUT2D eigenvalue weighted by molar-refractivity contribution is 7.10. The number of amides is 1. The van der Waals surface area contributed by atoms with Crippen LogP contribution in [0.5, 0.6) is 0 Å². The lowest BCUT2D eigenvalue weighted by Gasteiger charge is -2.03. The molecule has 0 atom stereocenters. The number of carbonyl (C=O) groups is 1. The van der Waals surface area contributed by atoms with Gasteiger partial charge in [0.2, 0.25) is 5.13 Å². The van der Waals surface area contributed by atoms with Crippen molar-refractivity contribution in [3.05, 3.63) is 79.7 Å². The van der Waals surface area contributed by atoms with Gasteiger partial charge in [0.05, 0.1) is 16.6 Å². The van der Waals surface area contributed by atoms with Crippen molar-refractivity contribution in [2.45, 2.75) is 6.54 Å². The van der Waals surface area contributed by atoms with Crippen LogP contribution in [-0.2, 0) is 6.54 Å². The highest BCUT2D eigenvalue weighted by Gasteiger charge is 2.13. The molecule has 10 heteroatoms. The fraction of sp³-hybridized carbons (Fsp3) is 0.0625. The van der Waals surface area contributed by atoms with Crippen molar-refractivity contribution in [1.29, 1.82) is 0 Å². The highest BCUT2D eigenvalue weighted by Crippen LogP contribution is 2.23. The van der Waals surface area contributed by atoms with E-state index in [4.69, 9.17) is 23.2 Å². The number of hydrogen-bond acceptors (Lipinski definition) is 4. The second-order valence-corrected chi connectivity index (χ2v) is 6.98. The third-order valence-corrected chi connectivity index (χ3v) is 4.93. The molecule has 1 N–H and O–H groups in total. The van der Waals surface area contributed by atoms with Gasteiger partial charge >= 0.3 is 5.69 Å². The van der Waals surface area contributed by atoms with E-state index < -0.39 is 23.2 Å². The molecule has 5 nitrogen and oxygen atoms in total. The molecule has 26 heavy (non-hydrogen) atoms. The molecule has 0 aliphatic carbocycles. The lowest BCUT2D eigenvalue weighted by atomic mass is 10.2. The summed E-state index contributed by atoms with van der Waals surface area (Å²) in [4.78, 5) is 27.8. The van der Waals surface area contributed by atoms with Crippen LogP contribution in [0.1, 0.15) is 15.9 Å². The number of halogens is 4. The lowest BCUT2D eigenvalue weighted by Crippen LogP contribution is -2.16. The molecule has 134 valence electrons. The first kappa shape index (κ1) is 18.5. The van der Waals surface area contributed by atoms with Gasteiger partial charge in [0.15, 0.2) is 11.6 Å². The lowest BCUT2D eigenvalue weighted by molar-refractivity contribution is 0.102. The molecule has 0 bridgehead atoms. The molecule has 2 aromatic carbocycles. The minimum absolute atomic E-state index is 0.00363. The average Bonchev–Trinajstić information content (AvgIpc) is 2.92. The maximum absolute atomic E-state index is 13.3. The molecule has 3 aromatic rings. The van der Waals surface area contributed by atoms with Gasteiger partial charge in [0.1, 0.15) is 0 Å². The summed E-state index contributed by atoms with van der Waals surface area (Å²) in [5.41, 5.74) is 0.00962. The van der Waals surface area contributed by atoms with E-state index in [0.29, 0.717) is 10.6 Å². The molecule has 0 spiro atoms. The van der Waals surface area contributed by atoms with E-state index in [1.807, 2.05) is 0 Å². The van der Waals surface area contributed by atoms with Crippen LogP contribution in [0.3, 0.4) is 0 Å². The van der Waals surface area contributed by atoms with Crippen LogP contribution >= 0.6 is 34.7 Å². The van der Waals surface area contributed by atoms with E-state index in [1.165, 1.54) is 28.2 Å². The van der Waals surface area contributed by atoms with Gasteiger partial charge in [-0.1, -0.05) is 29.3 Å². The standard InChI is InChI=1S/C16H9Cl2F2N3O2S/c17-10-3-2-9(6-11(10)18)14(24)21-15-22-16(25)23(26-15)7-8-1-4-12(19)13(20)5-8/h1-6H,7H2,(H,21,22,24,25). The summed E-state index contributed by atoms with van der Waals surface area (Å²) >= 11 is 12.5. The van der Waals surface area contributed by atoms with Gasteiger partial charge in [-0.3, -0.25) is 10.1 Å². The van der Waals surface area contributed by atoms with Crippen molar-refractivity contribution in [3.8, 4) is 0 Å². The smallest absolute Gasteiger partial charge is 0.297 e. The fourth-order valence-electron chi connectivity index (χ4n) is 2.07. The molecule has 0 saturated heterocycles. The second-order valence-electron chi connectivity index (χ2n) is 5.16. The Hall–Kier alpha value is -2.29. The summed E-state index contributed by atoms with van der Waals surface area (Å²) in [6, 6.07) is 7.67. The summed E-state index contributed by atoms with van der Waals surface area (Å²) in [6.07, 6.45) is 0. The van der Waals surface area contributed by atoms with Crippen molar-refractivity contribution in [3.63, 3.8) is 0 Å². The number of aromatic nitrogens is 2. The van der Waals surface area contributed by atoms with Crippen LogP contribution in [0.4, 0.5) is 13.9 Å². The number of nitrogens with one attached hydrogen (secondary N) is 1. The summed E-state index contributed by atoms with van der Waals surface area (Å²) in [6.45, 7) is -0.00363. The quantitative estimate of drug-likeness (QED) is 0.694. The van der Waals surface area contributed by atoms with Crippen LogP contribution in [0, 0.1) is 11.6 Å². The topological polar surface area (TPSA) is 64.0 Å². The van der Waals surface area contributed by atoms with Crippen LogP contribution in [0.15, 0.2) is 41.2 Å². The molecule has 0 radical (unpaired) electrons. The Morgan fingerprint density at radius 3 is 2.58 bits per heavy atom. The van der Waals surface area contributed by atoms with Gasteiger partial charge in [-0.05, 0) is 47.4 Å². The predicted molar refractivity (Wildman–Crippen MR) is 96.2 cm³/mol. The van der Waals surface area contributed by atoms with E-state index in [9.17, 15) is 18.4 Å². The molecular weight excluding hydrogens is 407 g/mol. The Labute approximate surface area is 160 Å². The van der Waals surface area contributed by atoms with Crippen molar-refractivity contribution < 1.29 is 13.6 Å². The van der Waals surface area contributed by atoms with E-state index >= 15 is 0 Å². The van der Waals surface area contributed by atoms with Crippen LogP contribution in [0.25, 0.3) is 0 Å². The van der Waals surface area contributed by atoms with Gasteiger partial charge in [-0.25, -0.2) is 17.5 Å². The van der Waals surface area contributed by atoms with E-state index in [2.05, 4.69) is 10.3 Å². The van der Waals surface area contributed by atoms with Crippen molar-refractivity contribution in [1.82, 2.24) is 8.94 Å². The summed E-state index contributed by atoms with van der Waals surface area (Å²) in [5.74, 6) is -2.49. The SMILES string of the molecule is O=C(Nc1nc(=O)n(Cc2ccc(F)c(F)c2)s1)c1ccc(Cl)c(Cl)c1. The Morgan fingerprint density at radius 2 is 1.88 bits per heavy atom. The van der Waals surface area contributed by atoms with Gasteiger partial charge < -0.3 is 0 Å². The van der Waals surface area contributed by atoms with E-state index in [-0.39, 0.29) is 22.3 Å². The average molecular weight is 416 g/mol. The zero-order chi connectivity index (χ0) is 18.8. The third kappa shape index (κ3) is 4.09. The van der Waals surface area contributed by atoms with Gasteiger partial charge in [0, 0.05) is 5.56 Å². The maximum Gasteiger partial charge on any atom is 0.360 e.